The number of carbonyl (C=O) groups is 3. The van der Waals surface area contributed by atoms with Crippen LogP contribution in [0.5, 0.6) is 0 Å². The molecule has 37 heavy (non-hydrogen) atoms. The molecule has 0 spiro atoms. The van der Waals surface area contributed by atoms with E-state index in [2.05, 4.69) is 4.98 Å². The first-order chi connectivity index (χ1) is 17.5. The minimum atomic E-state index is -1.63. The molecule has 0 unspecified atom stereocenters. The Morgan fingerprint density at radius 1 is 1.19 bits per heavy atom. The molecular formula is C24H24ClF2N3O7. The molecule has 1 aromatic carbocycles. The van der Waals surface area contributed by atoms with Crippen LogP contribution in [0.25, 0.3) is 16.9 Å². The van der Waals surface area contributed by atoms with Gasteiger partial charge in [-0.25, -0.2) is 23.4 Å². The number of Topliss-reactive ketones (excluding diaryl/α,β-unsaturated/α-hetero) is 1. The molecule has 1 amide bonds. The lowest BCUT2D eigenvalue weighted by molar-refractivity contribution is -0.125. The highest BCUT2D eigenvalue weighted by atomic mass is 35.5. The van der Waals surface area contributed by atoms with Gasteiger partial charge in [-0.2, -0.15) is 0 Å². The van der Waals surface area contributed by atoms with Gasteiger partial charge in [-0.15, -0.1) is 0 Å². The molecule has 0 aliphatic rings. The van der Waals surface area contributed by atoms with Crippen LogP contribution in [0.15, 0.2) is 24.4 Å². The molecule has 0 aliphatic carbocycles. The summed E-state index contributed by atoms with van der Waals surface area (Å²) in [7, 11) is 3.89. The molecule has 2 heterocycles. The summed E-state index contributed by atoms with van der Waals surface area (Å²) < 4.78 is 46.4. The van der Waals surface area contributed by atoms with Gasteiger partial charge in [0.15, 0.2) is 12.1 Å². The van der Waals surface area contributed by atoms with E-state index in [4.69, 9.17) is 25.8 Å². The average Bonchev–Trinajstić information content (AvgIpc) is 3.19. The van der Waals surface area contributed by atoms with Gasteiger partial charge in [0.25, 0.3) is 0 Å². The van der Waals surface area contributed by atoms with Crippen LogP contribution in [-0.2, 0) is 25.4 Å². The summed E-state index contributed by atoms with van der Waals surface area (Å²) >= 11 is 6.07. The Morgan fingerprint density at radius 2 is 1.86 bits per heavy atom. The van der Waals surface area contributed by atoms with Crippen LogP contribution in [0.1, 0.15) is 21.6 Å². The van der Waals surface area contributed by atoms with Crippen LogP contribution >= 0.6 is 11.6 Å². The number of hydrogen-bond acceptors (Lipinski definition) is 7. The fourth-order valence-corrected chi connectivity index (χ4v) is 4.01. The second kappa shape index (κ2) is 11.6. The lowest BCUT2D eigenvalue weighted by atomic mass is 9.98. The van der Waals surface area contributed by atoms with Crippen molar-refractivity contribution >= 4 is 35.1 Å². The maximum atomic E-state index is 15.2. The number of nitrogens with zero attached hydrogens (tertiary/aromatic N) is 3. The van der Waals surface area contributed by atoms with Crippen molar-refractivity contribution in [3.63, 3.8) is 0 Å². The van der Waals surface area contributed by atoms with Crippen LogP contribution in [0.4, 0.5) is 13.6 Å². The lowest BCUT2D eigenvalue weighted by Crippen LogP contribution is -2.42. The molecule has 0 saturated heterocycles. The second-order valence-corrected chi connectivity index (χ2v) is 8.41. The van der Waals surface area contributed by atoms with E-state index in [1.165, 1.54) is 43.9 Å². The van der Waals surface area contributed by atoms with Crippen molar-refractivity contribution < 1.29 is 42.5 Å². The predicted molar refractivity (Wildman–Crippen MR) is 128 cm³/mol. The van der Waals surface area contributed by atoms with E-state index >= 15 is 4.39 Å². The van der Waals surface area contributed by atoms with E-state index in [0.717, 1.165) is 12.0 Å². The van der Waals surface area contributed by atoms with Crippen LogP contribution < -0.4 is 0 Å². The number of fused-ring (bicyclic) bond motifs is 1. The highest BCUT2D eigenvalue weighted by molar-refractivity contribution is 6.30. The number of carbonyl (C=O) groups excluding carboxylic acids is 2. The summed E-state index contributed by atoms with van der Waals surface area (Å²) in [5.74, 6) is -4.27. The smallest absolute Gasteiger partial charge is 0.410 e. The number of halogens is 3. The Morgan fingerprint density at radius 3 is 2.46 bits per heavy atom. The standard InChI is InChI=1S/C24H24ClF2N3O7/c1-12-20(16(26)9-15(21(12)27)23(32)33)22-17(30-6-5-13(25)7-18(30)28-22)8-14(31)10-29(24(34)37-4)11-19(35-2)36-3/h5-7,9,19H,8,10-11H2,1-4H3,(H,32,33). The van der Waals surface area contributed by atoms with Crippen LogP contribution in [-0.4, -0.2) is 77.9 Å². The number of methoxy groups -OCH3 is 3. The van der Waals surface area contributed by atoms with Gasteiger partial charge in [0, 0.05) is 37.1 Å². The molecule has 13 heteroatoms. The fourth-order valence-electron chi connectivity index (χ4n) is 3.85. The van der Waals surface area contributed by atoms with Gasteiger partial charge < -0.3 is 23.7 Å². The zero-order valence-electron chi connectivity index (χ0n) is 20.4. The number of aromatic nitrogens is 2. The molecule has 0 atom stereocenters. The van der Waals surface area contributed by atoms with Crippen molar-refractivity contribution in [3.05, 3.63) is 57.9 Å². The molecule has 0 fully saturated rings. The van der Waals surface area contributed by atoms with Crippen molar-refractivity contribution in [2.45, 2.75) is 19.6 Å². The van der Waals surface area contributed by atoms with Crippen molar-refractivity contribution in [3.8, 4) is 11.3 Å². The molecule has 2 aromatic heterocycles. The maximum absolute atomic E-state index is 15.2. The number of carboxylic acid groups (broad SMARTS) is 1. The van der Waals surface area contributed by atoms with E-state index in [9.17, 15) is 23.9 Å². The molecule has 198 valence electrons. The summed E-state index contributed by atoms with van der Waals surface area (Å²) in [6.45, 7) is 0.692. The van der Waals surface area contributed by atoms with E-state index in [0.29, 0.717) is 11.1 Å². The van der Waals surface area contributed by atoms with Gasteiger partial charge in [-0.1, -0.05) is 11.6 Å². The highest BCUT2D eigenvalue weighted by Crippen LogP contribution is 2.33. The molecule has 0 saturated carbocycles. The van der Waals surface area contributed by atoms with Gasteiger partial charge in [0.2, 0.25) is 0 Å². The second-order valence-electron chi connectivity index (χ2n) is 7.97. The van der Waals surface area contributed by atoms with Gasteiger partial charge in [-0.3, -0.25) is 9.69 Å². The number of hydrogen-bond donors (Lipinski definition) is 1. The Bertz CT molecular complexity index is 1360. The molecular weight excluding hydrogens is 516 g/mol. The first-order valence-corrected chi connectivity index (χ1v) is 11.2. The van der Waals surface area contributed by atoms with Crippen molar-refractivity contribution in [1.29, 1.82) is 0 Å². The van der Waals surface area contributed by atoms with Crippen molar-refractivity contribution in [1.82, 2.24) is 14.3 Å². The minimum absolute atomic E-state index is 0.0715. The van der Waals surface area contributed by atoms with Crippen LogP contribution in [0.2, 0.25) is 5.02 Å². The monoisotopic (exact) mass is 539 g/mol. The zero-order valence-corrected chi connectivity index (χ0v) is 21.1. The summed E-state index contributed by atoms with van der Waals surface area (Å²) in [6, 6.07) is 3.56. The normalized spacial score (nSPS) is 11.2. The minimum Gasteiger partial charge on any atom is -0.478 e. The summed E-state index contributed by atoms with van der Waals surface area (Å²) in [6.07, 6.45) is -0.466. The van der Waals surface area contributed by atoms with Gasteiger partial charge in [-0.05, 0) is 24.6 Å². The van der Waals surface area contributed by atoms with Gasteiger partial charge in [0.05, 0.1) is 43.6 Å². The highest BCUT2D eigenvalue weighted by Gasteiger charge is 2.28. The third kappa shape index (κ3) is 5.87. The van der Waals surface area contributed by atoms with E-state index in [1.54, 1.807) is 0 Å². The molecule has 10 nitrogen and oxygen atoms in total. The van der Waals surface area contributed by atoms with Gasteiger partial charge >= 0.3 is 12.1 Å². The number of rotatable bonds is 10. The number of ether oxygens (including phenoxy) is 3. The topological polar surface area (TPSA) is 120 Å². The quantitative estimate of drug-likeness (QED) is 0.387. The number of carboxylic acids is 1. The Balaban J connectivity index is 2.08. The van der Waals surface area contributed by atoms with Crippen LogP contribution in [0.3, 0.4) is 0 Å². The number of ketones is 1. The molecule has 0 aliphatic heterocycles. The summed E-state index contributed by atoms with van der Waals surface area (Å²) in [5, 5.41) is 9.51. The third-order valence-electron chi connectivity index (χ3n) is 5.66. The average molecular weight is 540 g/mol. The number of aromatic carboxylic acids is 1. The molecule has 0 bridgehead atoms. The Kier molecular flexibility index (Phi) is 8.79. The van der Waals surface area contributed by atoms with Gasteiger partial charge in [0.1, 0.15) is 17.3 Å². The number of amides is 1. The molecule has 3 aromatic rings. The molecule has 3 rings (SSSR count). The molecule has 0 radical (unpaired) electrons. The number of pyridine rings is 1. The van der Waals surface area contributed by atoms with E-state index in [-0.39, 0.29) is 41.1 Å². The van der Waals surface area contributed by atoms with E-state index in [1.807, 2.05) is 0 Å². The summed E-state index contributed by atoms with van der Waals surface area (Å²) in [5.41, 5.74) is -1.06. The zero-order chi connectivity index (χ0) is 27.4. The molecule has 1 N–H and O–H groups in total. The Labute approximate surface area is 215 Å². The third-order valence-corrected chi connectivity index (χ3v) is 5.90. The van der Waals surface area contributed by atoms with Crippen LogP contribution in [0, 0.1) is 18.6 Å². The largest absolute Gasteiger partial charge is 0.478 e. The van der Waals surface area contributed by atoms with Crippen molar-refractivity contribution in [2.75, 3.05) is 34.4 Å². The first-order valence-electron chi connectivity index (χ1n) is 10.8. The lowest BCUT2D eigenvalue weighted by Gasteiger charge is -2.24. The first kappa shape index (κ1) is 28.0. The van der Waals surface area contributed by atoms with E-state index < -0.39 is 47.9 Å². The SMILES string of the molecule is COC(=O)N(CC(=O)Cc1c(-c2c(F)cc(C(=O)O)c(F)c2C)nc2cc(Cl)ccn12)CC(OC)OC. The fraction of sp³-hybridized carbons (Fsp3) is 0.333. The number of benzene rings is 1. The summed E-state index contributed by atoms with van der Waals surface area (Å²) in [4.78, 5) is 42.1. The number of imidazole rings is 1. The Hall–Kier alpha value is -3.61. The predicted octanol–water partition coefficient (Wildman–Crippen LogP) is 3.74. The maximum Gasteiger partial charge on any atom is 0.410 e. The van der Waals surface area contributed by atoms with Crippen molar-refractivity contribution in [2.24, 2.45) is 0 Å².